The molecule has 6 heteroatoms. The van der Waals surface area contributed by atoms with E-state index in [0.29, 0.717) is 23.7 Å². The molecule has 0 saturated heterocycles. The van der Waals surface area contributed by atoms with Gasteiger partial charge in [-0.3, -0.25) is 4.79 Å². The summed E-state index contributed by atoms with van der Waals surface area (Å²) < 4.78 is 18.4. The minimum absolute atomic E-state index is 0.279. The Morgan fingerprint density at radius 3 is 2.46 bits per heavy atom. The number of benzene rings is 2. The SMILES string of the molecule is CCOc1ccccc1NC(=O)c1ccc(Nc2ccc(F)cc2)cn1. The number of pyridine rings is 1. The van der Waals surface area contributed by atoms with Crippen LogP contribution < -0.4 is 15.4 Å². The van der Waals surface area contributed by atoms with Crippen molar-refractivity contribution in [2.45, 2.75) is 6.92 Å². The van der Waals surface area contributed by atoms with Gasteiger partial charge in [0.1, 0.15) is 17.3 Å². The van der Waals surface area contributed by atoms with Crippen molar-refractivity contribution in [3.05, 3.63) is 78.4 Å². The summed E-state index contributed by atoms with van der Waals surface area (Å²) in [6.45, 7) is 2.39. The van der Waals surface area contributed by atoms with Gasteiger partial charge in [0.15, 0.2) is 0 Å². The van der Waals surface area contributed by atoms with Crippen LogP contribution in [0.25, 0.3) is 0 Å². The second-order valence-corrected chi connectivity index (χ2v) is 5.45. The van der Waals surface area contributed by atoms with Crippen molar-refractivity contribution in [3.63, 3.8) is 0 Å². The normalized spacial score (nSPS) is 10.2. The number of para-hydroxylation sites is 2. The van der Waals surface area contributed by atoms with Crippen LogP contribution in [-0.2, 0) is 0 Å². The highest BCUT2D eigenvalue weighted by atomic mass is 19.1. The number of ether oxygens (including phenoxy) is 1. The van der Waals surface area contributed by atoms with Crippen molar-refractivity contribution in [1.82, 2.24) is 4.98 Å². The molecule has 1 amide bonds. The van der Waals surface area contributed by atoms with Gasteiger partial charge in [0.2, 0.25) is 0 Å². The highest BCUT2D eigenvalue weighted by Crippen LogP contribution is 2.24. The minimum Gasteiger partial charge on any atom is -0.492 e. The van der Waals surface area contributed by atoms with E-state index < -0.39 is 0 Å². The fraction of sp³-hybridized carbons (Fsp3) is 0.100. The molecule has 1 heterocycles. The second-order valence-electron chi connectivity index (χ2n) is 5.45. The molecule has 3 aromatic rings. The molecule has 0 radical (unpaired) electrons. The van der Waals surface area contributed by atoms with Gasteiger partial charge >= 0.3 is 0 Å². The number of carbonyl (C=O) groups excluding carboxylic acids is 1. The summed E-state index contributed by atoms with van der Waals surface area (Å²) in [6.07, 6.45) is 1.55. The maximum Gasteiger partial charge on any atom is 0.274 e. The third kappa shape index (κ3) is 4.36. The van der Waals surface area contributed by atoms with E-state index in [2.05, 4.69) is 15.6 Å². The molecule has 0 unspecified atom stereocenters. The largest absolute Gasteiger partial charge is 0.492 e. The third-order valence-corrected chi connectivity index (χ3v) is 3.56. The molecular weight excluding hydrogens is 333 g/mol. The number of aromatic nitrogens is 1. The summed E-state index contributed by atoms with van der Waals surface area (Å²) in [6, 6.07) is 16.6. The van der Waals surface area contributed by atoms with Crippen molar-refractivity contribution in [2.75, 3.05) is 17.2 Å². The second kappa shape index (κ2) is 8.11. The van der Waals surface area contributed by atoms with Crippen LogP contribution in [0.4, 0.5) is 21.5 Å². The van der Waals surface area contributed by atoms with Gasteiger partial charge in [0, 0.05) is 5.69 Å². The molecule has 0 fully saturated rings. The van der Waals surface area contributed by atoms with Crippen molar-refractivity contribution in [3.8, 4) is 5.75 Å². The molecule has 26 heavy (non-hydrogen) atoms. The maximum atomic E-state index is 12.9. The van der Waals surface area contributed by atoms with Gasteiger partial charge in [0.25, 0.3) is 5.91 Å². The summed E-state index contributed by atoms with van der Waals surface area (Å²) in [7, 11) is 0. The van der Waals surface area contributed by atoms with Crippen LogP contribution in [-0.4, -0.2) is 17.5 Å². The first-order chi connectivity index (χ1) is 12.7. The summed E-state index contributed by atoms with van der Waals surface area (Å²) in [4.78, 5) is 16.6. The standard InChI is InChI=1S/C20H18FN3O2/c1-2-26-19-6-4-3-5-17(19)24-20(25)18-12-11-16(13-22-18)23-15-9-7-14(21)8-10-15/h3-13,23H,2H2,1H3,(H,24,25). The predicted molar refractivity (Wildman–Crippen MR) is 99.5 cm³/mol. The van der Waals surface area contributed by atoms with Crippen molar-refractivity contribution in [2.24, 2.45) is 0 Å². The molecule has 2 aromatic carbocycles. The number of nitrogens with zero attached hydrogens (tertiary/aromatic N) is 1. The molecule has 1 aromatic heterocycles. The monoisotopic (exact) mass is 351 g/mol. The van der Waals surface area contributed by atoms with Gasteiger partial charge in [-0.05, 0) is 55.5 Å². The average molecular weight is 351 g/mol. The Kier molecular flexibility index (Phi) is 5.43. The summed E-state index contributed by atoms with van der Waals surface area (Å²) in [5, 5.41) is 5.89. The lowest BCUT2D eigenvalue weighted by Crippen LogP contribution is -2.14. The maximum absolute atomic E-state index is 12.9. The van der Waals surface area contributed by atoms with E-state index in [9.17, 15) is 9.18 Å². The summed E-state index contributed by atoms with van der Waals surface area (Å²) >= 11 is 0. The average Bonchev–Trinajstić information content (AvgIpc) is 2.66. The number of nitrogens with one attached hydrogen (secondary N) is 2. The topological polar surface area (TPSA) is 63.2 Å². The Morgan fingerprint density at radius 2 is 1.77 bits per heavy atom. The Bertz CT molecular complexity index is 880. The van der Waals surface area contributed by atoms with Crippen molar-refractivity contribution < 1.29 is 13.9 Å². The van der Waals surface area contributed by atoms with Gasteiger partial charge < -0.3 is 15.4 Å². The highest BCUT2D eigenvalue weighted by Gasteiger charge is 2.11. The quantitative estimate of drug-likeness (QED) is 0.680. The zero-order valence-electron chi connectivity index (χ0n) is 14.2. The fourth-order valence-electron chi connectivity index (χ4n) is 2.34. The number of amides is 1. The number of anilines is 3. The van der Waals surface area contributed by atoms with Crippen LogP contribution >= 0.6 is 0 Å². The van der Waals surface area contributed by atoms with Crippen LogP contribution in [0.15, 0.2) is 66.9 Å². The Labute approximate surface area is 150 Å². The zero-order valence-corrected chi connectivity index (χ0v) is 14.2. The fourth-order valence-corrected chi connectivity index (χ4v) is 2.34. The minimum atomic E-state index is -0.328. The van der Waals surface area contributed by atoms with E-state index in [4.69, 9.17) is 4.74 Å². The van der Waals surface area contributed by atoms with E-state index in [-0.39, 0.29) is 17.4 Å². The van der Waals surface area contributed by atoms with Gasteiger partial charge in [-0.1, -0.05) is 12.1 Å². The molecular formula is C20H18FN3O2. The summed E-state index contributed by atoms with van der Waals surface area (Å²) in [5.41, 5.74) is 2.30. The Hall–Kier alpha value is -3.41. The zero-order chi connectivity index (χ0) is 18.4. The molecule has 0 bridgehead atoms. The van der Waals surface area contributed by atoms with Gasteiger partial charge in [-0.2, -0.15) is 0 Å². The first kappa shape index (κ1) is 17.4. The molecule has 0 aliphatic rings. The van der Waals surface area contributed by atoms with E-state index in [1.165, 1.54) is 12.1 Å². The molecule has 0 aliphatic heterocycles. The highest BCUT2D eigenvalue weighted by molar-refractivity contribution is 6.03. The Balaban J connectivity index is 1.68. The molecule has 3 rings (SSSR count). The molecule has 5 nitrogen and oxygen atoms in total. The van der Waals surface area contributed by atoms with E-state index in [1.54, 1.807) is 42.6 Å². The lowest BCUT2D eigenvalue weighted by Gasteiger charge is -2.11. The third-order valence-electron chi connectivity index (χ3n) is 3.56. The van der Waals surface area contributed by atoms with Crippen molar-refractivity contribution >= 4 is 23.0 Å². The van der Waals surface area contributed by atoms with Gasteiger partial charge in [0.05, 0.1) is 24.2 Å². The molecule has 0 aliphatic carbocycles. The van der Waals surface area contributed by atoms with Crippen LogP contribution in [0.1, 0.15) is 17.4 Å². The molecule has 0 atom stereocenters. The number of carbonyl (C=O) groups is 1. The first-order valence-corrected chi connectivity index (χ1v) is 8.17. The molecule has 132 valence electrons. The molecule has 0 saturated carbocycles. The van der Waals surface area contributed by atoms with Gasteiger partial charge in [-0.25, -0.2) is 9.37 Å². The number of rotatable bonds is 6. The number of hydrogen-bond acceptors (Lipinski definition) is 4. The summed E-state index contributed by atoms with van der Waals surface area (Å²) in [5.74, 6) is -0.0172. The van der Waals surface area contributed by atoms with E-state index in [0.717, 1.165) is 5.69 Å². The smallest absolute Gasteiger partial charge is 0.274 e. The van der Waals surface area contributed by atoms with Crippen LogP contribution in [0, 0.1) is 5.82 Å². The molecule has 0 spiro atoms. The first-order valence-electron chi connectivity index (χ1n) is 8.17. The van der Waals surface area contributed by atoms with Crippen LogP contribution in [0.3, 0.4) is 0 Å². The number of hydrogen-bond donors (Lipinski definition) is 2. The number of halogens is 1. The van der Waals surface area contributed by atoms with E-state index >= 15 is 0 Å². The van der Waals surface area contributed by atoms with Crippen LogP contribution in [0.5, 0.6) is 5.75 Å². The molecule has 2 N–H and O–H groups in total. The lowest BCUT2D eigenvalue weighted by molar-refractivity contribution is 0.102. The Morgan fingerprint density at radius 1 is 1.04 bits per heavy atom. The van der Waals surface area contributed by atoms with Crippen LogP contribution in [0.2, 0.25) is 0 Å². The lowest BCUT2D eigenvalue weighted by atomic mass is 10.2. The van der Waals surface area contributed by atoms with E-state index in [1.807, 2.05) is 19.1 Å². The van der Waals surface area contributed by atoms with Crippen molar-refractivity contribution in [1.29, 1.82) is 0 Å². The predicted octanol–water partition coefficient (Wildman–Crippen LogP) is 4.62. The van der Waals surface area contributed by atoms with Gasteiger partial charge in [-0.15, -0.1) is 0 Å².